The molecule has 2 aromatic rings. The molecule has 0 aliphatic carbocycles. The number of guanidine groups is 1. The summed E-state index contributed by atoms with van der Waals surface area (Å²) >= 11 is 1.17. The van der Waals surface area contributed by atoms with Gasteiger partial charge in [-0.2, -0.15) is 0 Å². The van der Waals surface area contributed by atoms with E-state index in [0.29, 0.717) is 19.0 Å². The van der Waals surface area contributed by atoms with Crippen molar-refractivity contribution in [1.29, 1.82) is 0 Å². The maximum absolute atomic E-state index is 13.8. The Balaban J connectivity index is 0.00000392. The maximum Gasteiger partial charge on any atom is 0.250 e. The molecule has 1 aromatic carbocycles. The number of hydrogen-bond donors (Lipinski definition) is 2. The van der Waals surface area contributed by atoms with Gasteiger partial charge < -0.3 is 15.0 Å². The van der Waals surface area contributed by atoms with E-state index in [1.54, 1.807) is 36.7 Å². The SMILES string of the molecule is CN=C(NCCNS(=O)(=O)c1cccs1)N(C)Cc1ccc(OC)c(F)c1.I. The molecule has 0 radical (unpaired) electrons. The number of nitrogens with zero attached hydrogens (tertiary/aromatic N) is 2. The van der Waals surface area contributed by atoms with Crippen LogP contribution in [0.4, 0.5) is 4.39 Å². The normalized spacial score (nSPS) is 11.6. The molecule has 2 N–H and O–H groups in total. The summed E-state index contributed by atoms with van der Waals surface area (Å²) in [5.41, 5.74) is 0.761. The molecule has 0 fully saturated rings. The zero-order valence-electron chi connectivity index (χ0n) is 15.8. The number of hydrogen-bond acceptors (Lipinski definition) is 5. The van der Waals surface area contributed by atoms with Crippen molar-refractivity contribution in [1.82, 2.24) is 14.9 Å². The molecule has 28 heavy (non-hydrogen) atoms. The number of nitrogens with one attached hydrogen (secondary N) is 2. The lowest BCUT2D eigenvalue weighted by Gasteiger charge is -2.22. The third-order valence-corrected chi connectivity index (χ3v) is 6.53. The molecule has 11 heteroatoms. The number of aliphatic imine (C=N–C) groups is 1. The Hall–Kier alpha value is -1.44. The first-order valence-electron chi connectivity index (χ1n) is 8.14. The summed E-state index contributed by atoms with van der Waals surface area (Å²) in [5.74, 6) is 0.345. The lowest BCUT2D eigenvalue weighted by Crippen LogP contribution is -2.42. The molecule has 0 amide bonds. The van der Waals surface area contributed by atoms with Gasteiger partial charge in [0, 0.05) is 33.7 Å². The molecular weight excluding hydrogens is 518 g/mol. The Kier molecular flexibility index (Phi) is 10.1. The fourth-order valence-corrected chi connectivity index (χ4v) is 4.46. The van der Waals surface area contributed by atoms with E-state index >= 15 is 0 Å². The van der Waals surface area contributed by atoms with E-state index in [9.17, 15) is 12.8 Å². The van der Waals surface area contributed by atoms with Crippen molar-refractivity contribution in [3.63, 3.8) is 0 Å². The number of sulfonamides is 1. The molecule has 0 saturated heterocycles. The van der Waals surface area contributed by atoms with E-state index in [-0.39, 0.29) is 40.5 Å². The fourth-order valence-electron chi connectivity index (χ4n) is 2.39. The van der Waals surface area contributed by atoms with Gasteiger partial charge in [0.15, 0.2) is 17.5 Å². The van der Waals surface area contributed by atoms with E-state index in [0.717, 1.165) is 5.56 Å². The Morgan fingerprint density at radius 2 is 2.07 bits per heavy atom. The summed E-state index contributed by atoms with van der Waals surface area (Å²) in [6.07, 6.45) is 0. The molecule has 0 aliphatic rings. The topological polar surface area (TPSA) is 83.0 Å². The van der Waals surface area contributed by atoms with E-state index in [4.69, 9.17) is 4.74 Å². The molecule has 2 rings (SSSR count). The Bertz CT molecular complexity index is 877. The average Bonchev–Trinajstić information content (AvgIpc) is 3.17. The van der Waals surface area contributed by atoms with Crippen LogP contribution in [0.2, 0.25) is 0 Å². The number of methoxy groups -OCH3 is 1. The molecule has 1 aromatic heterocycles. The Morgan fingerprint density at radius 1 is 1.32 bits per heavy atom. The molecule has 0 bridgehead atoms. The van der Waals surface area contributed by atoms with Gasteiger partial charge >= 0.3 is 0 Å². The van der Waals surface area contributed by atoms with Gasteiger partial charge in [-0.1, -0.05) is 12.1 Å². The highest BCUT2D eigenvalue weighted by molar-refractivity contribution is 14.0. The second kappa shape index (κ2) is 11.5. The third kappa shape index (κ3) is 6.87. The van der Waals surface area contributed by atoms with Gasteiger partial charge in [-0.15, -0.1) is 35.3 Å². The monoisotopic (exact) mass is 542 g/mol. The van der Waals surface area contributed by atoms with Gasteiger partial charge in [-0.3, -0.25) is 4.99 Å². The summed E-state index contributed by atoms with van der Waals surface area (Å²) in [4.78, 5) is 5.98. The standard InChI is InChI=1S/C17H23FN4O3S2.HI/c1-19-17(20-8-9-21-27(23,24)16-5-4-10-26-16)22(2)12-13-6-7-15(25-3)14(18)11-13;/h4-7,10-11,21H,8-9,12H2,1-3H3,(H,19,20);1H. The number of ether oxygens (including phenoxy) is 1. The lowest BCUT2D eigenvalue weighted by molar-refractivity contribution is 0.385. The van der Waals surface area contributed by atoms with E-state index in [1.807, 2.05) is 11.9 Å². The van der Waals surface area contributed by atoms with Gasteiger partial charge in [0.05, 0.1) is 7.11 Å². The second-order valence-corrected chi connectivity index (χ2v) is 8.57. The minimum Gasteiger partial charge on any atom is -0.494 e. The number of thiophene rings is 1. The molecule has 0 saturated carbocycles. The predicted molar refractivity (Wildman–Crippen MR) is 121 cm³/mol. The van der Waals surface area contributed by atoms with Crippen molar-refractivity contribution in [2.75, 3.05) is 34.3 Å². The third-order valence-electron chi connectivity index (χ3n) is 3.67. The molecule has 0 atom stereocenters. The van der Waals surface area contributed by atoms with Gasteiger partial charge in [0.1, 0.15) is 4.21 Å². The number of benzene rings is 1. The van der Waals surface area contributed by atoms with E-state index in [2.05, 4.69) is 15.0 Å². The van der Waals surface area contributed by atoms with Gasteiger partial charge in [-0.05, 0) is 29.1 Å². The van der Waals surface area contributed by atoms with Gasteiger partial charge in [0.25, 0.3) is 0 Å². The van der Waals surface area contributed by atoms with Crippen molar-refractivity contribution >= 4 is 51.3 Å². The van der Waals surface area contributed by atoms with Crippen molar-refractivity contribution in [3.05, 3.63) is 47.1 Å². The first-order chi connectivity index (χ1) is 12.9. The predicted octanol–water partition coefficient (Wildman–Crippen LogP) is 2.50. The zero-order chi connectivity index (χ0) is 19.9. The lowest BCUT2D eigenvalue weighted by atomic mass is 10.2. The van der Waals surface area contributed by atoms with Crippen LogP contribution in [0.3, 0.4) is 0 Å². The van der Waals surface area contributed by atoms with Crippen LogP contribution >= 0.6 is 35.3 Å². The van der Waals surface area contributed by atoms with Crippen LogP contribution in [0.1, 0.15) is 5.56 Å². The highest BCUT2D eigenvalue weighted by Crippen LogP contribution is 2.18. The van der Waals surface area contributed by atoms with Gasteiger partial charge in [-0.25, -0.2) is 17.5 Å². The zero-order valence-corrected chi connectivity index (χ0v) is 19.8. The van der Waals surface area contributed by atoms with Crippen LogP contribution < -0.4 is 14.8 Å². The molecule has 0 unspecified atom stereocenters. The highest BCUT2D eigenvalue weighted by Gasteiger charge is 2.14. The molecule has 1 heterocycles. The summed E-state index contributed by atoms with van der Waals surface area (Å²) in [6.45, 7) is 1.00. The van der Waals surface area contributed by atoms with Crippen LogP contribution in [0, 0.1) is 5.82 Å². The fraction of sp³-hybridized carbons (Fsp3) is 0.353. The Morgan fingerprint density at radius 3 is 2.64 bits per heavy atom. The molecule has 0 aliphatic heterocycles. The van der Waals surface area contributed by atoms with Crippen molar-refractivity contribution in [2.24, 2.45) is 4.99 Å². The van der Waals surface area contributed by atoms with Crippen LogP contribution in [0.25, 0.3) is 0 Å². The summed E-state index contributed by atoms with van der Waals surface area (Å²) in [5, 5.41) is 4.79. The van der Waals surface area contributed by atoms with Crippen molar-refractivity contribution in [2.45, 2.75) is 10.8 Å². The van der Waals surface area contributed by atoms with E-state index < -0.39 is 15.8 Å². The smallest absolute Gasteiger partial charge is 0.250 e. The number of halogens is 2. The molecule has 156 valence electrons. The van der Waals surface area contributed by atoms with Crippen LogP contribution in [0.5, 0.6) is 5.75 Å². The molecule has 7 nitrogen and oxygen atoms in total. The van der Waals surface area contributed by atoms with Crippen LogP contribution in [-0.4, -0.2) is 53.6 Å². The number of rotatable bonds is 8. The summed E-state index contributed by atoms with van der Waals surface area (Å²) < 4.78 is 45.6. The summed E-state index contributed by atoms with van der Waals surface area (Å²) in [6, 6.07) is 8.02. The molecular formula is C17H24FIN4O3S2. The van der Waals surface area contributed by atoms with Crippen LogP contribution in [0.15, 0.2) is 44.9 Å². The second-order valence-electron chi connectivity index (χ2n) is 5.63. The minimum atomic E-state index is -3.48. The van der Waals surface area contributed by atoms with Gasteiger partial charge in [0.2, 0.25) is 10.0 Å². The maximum atomic E-state index is 13.8. The first-order valence-corrected chi connectivity index (χ1v) is 10.5. The van der Waals surface area contributed by atoms with E-state index in [1.165, 1.54) is 24.5 Å². The average molecular weight is 542 g/mol. The quantitative estimate of drug-likeness (QED) is 0.232. The summed E-state index contributed by atoms with van der Waals surface area (Å²) in [7, 11) is 1.38. The Labute approximate surface area is 186 Å². The minimum absolute atomic E-state index is 0. The molecule has 0 spiro atoms. The largest absolute Gasteiger partial charge is 0.494 e. The van der Waals surface area contributed by atoms with Crippen molar-refractivity contribution < 1.29 is 17.5 Å². The highest BCUT2D eigenvalue weighted by atomic mass is 127. The first kappa shape index (κ1) is 24.6. The van der Waals surface area contributed by atoms with Crippen molar-refractivity contribution in [3.8, 4) is 5.75 Å². The van der Waals surface area contributed by atoms with Crippen LogP contribution in [-0.2, 0) is 16.6 Å².